The lowest BCUT2D eigenvalue weighted by molar-refractivity contribution is 0.0743. The molecule has 1 saturated heterocycles. The summed E-state index contributed by atoms with van der Waals surface area (Å²) in [7, 11) is 0. The number of benzene rings is 1. The van der Waals surface area contributed by atoms with Crippen LogP contribution in [0.25, 0.3) is 0 Å². The Morgan fingerprint density at radius 2 is 2.31 bits per heavy atom. The second kappa shape index (κ2) is 4.12. The Bertz CT molecular complexity index is 419. The van der Waals surface area contributed by atoms with E-state index in [1.807, 2.05) is 6.92 Å². The van der Waals surface area contributed by atoms with Crippen LogP contribution in [0.15, 0.2) is 18.2 Å². The van der Waals surface area contributed by atoms with Gasteiger partial charge in [-0.3, -0.25) is 4.79 Å². The molecule has 0 bridgehead atoms. The minimum atomic E-state index is -0.538. The summed E-state index contributed by atoms with van der Waals surface area (Å²) in [6.07, 6.45) is 1.98. The molecule has 0 aromatic heterocycles. The van der Waals surface area contributed by atoms with Gasteiger partial charge < -0.3 is 10.6 Å². The van der Waals surface area contributed by atoms with E-state index >= 15 is 0 Å². The van der Waals surface area contributed by atoms with Crippen molar-refractivity contribution in [3.8, 4) is 0 Å². The summed E-state index contributed by atoms with van der Waals surface area (Å²) in [6, 6.07) is 4.40. The van der Waals surface area contributed by atoms with Crippen molar-refractivity contribution in [3.63, 3.8) is 0 Å². The molecular weight excluding hydrogens is 207 g/mol. The summed E-state index contributed by atoms with van der Waals surface area (Å²) < 4.78 is 13.6. The van der Waals surface area contributed by atoms with Crippen LogP contribution in [0, 0.1) is 5.82 Å². The largest absolute Gasteiger partial charge is 0.399 e. The van der Waals surface area contributed by atoms with E-state index in [0.29, 0.717) is 12.2 Å². The highest BCUT2D eigenvalue weighted by Gasteiger charge is 2.27. The highest BCUT2D eigenvalue weighted by Crippen LogP contribution is 2.21. The minimum absolute atomic E-state index is 0.114. The van der Waals surface area contributed by atoms with Gasteiger partial charge in [0.05, 0.1) is 5.56 Å². The van der Waals surface area contributed by atoms with E-state index in [1.54, 1.807) is 11.0 Å². The highest BCUT2D eigenvalue weighted by atomic mass is 19.1. The standard InChI is InChI=1S/C12H15FN2O/c1-8-3-2-6-15(8)12(16)10-5-4-9(14)7-11(10)13/h4-5,7-8H,2-3,6,14H2,1H3. The summed E-state index contributed by atoms with van der Waals surface area (Å²) in [5.41, 5.74) is 5.89. The van der Waals surface area contributed by atoms with Gasteiger partial charge in [-0.2, -0.15) is 0 Å². The fourth-order valence-corrected chi connectivity index (χ4v) is 2.09. The van der Waals surface area contributed by atoms with E-state index in [4.69, 9.17) is 5.73 Å². The predicted octanol–water partition coefficient (Wildman–Crippen LogP) is 2.03. The van der Waals surface area contributed by atoms with Gasteiger partial charge in [-0.05, 0) is 38.0 Å². The topological polar surface area (TPSA) is 46.3 Å². The second-order valence-electron chi connectivity index (χ2n) is 4.23. The molecule has 1 unspecified atom stereocenters. The molecule has 3 nitrogen and oxygen atoms in total. The SMILES string of the molecule is CC1CCCN1C(=O)c1ccc(N)cc1F. The number of rotatable bonds is 1. The summed E-state index contributed by atoms with van der Waals surface area (Å²) in [5.74, 6) is -0.772. The van der Waals surface area contributed by atoms with E-state index in [-0.39, 0.29) is 17.5 Å². The maximum atomic E-state index is 13.6. The van der Waals surface area contributed by atoms with Gasteiger partial charge in [0, 0.05) is 18.3 Å². The van der Waals surface area contributed by atoms with Gasteiger partial charge in [-0.25, -0.2) is 4.39 Å². The van der Waals surface area contributed by atoms with Crippen LogP contribution in [0.5, 0.6) is 0 Å². The van der Waals surface area contributed by atoms with Gasteiger partial charge >= 0.3 is 0 Å². The number of carbonyl (C=O) groups excluding carboxylic acids is 1. The summed E-state index contributed by atoms with van der Waals surface area (Å²) >= 11 is 0. The minimum Gasteiger partial charge on any atom is -0.399 e. The molecule has 2 rings (SSSR count). The Balaban J connectivity index is 2.27. The van der Waals surface area contributed by atoms with Crippen LogP contribution in [-0.2, 0) is 0 Å². The molecule has 1 aliphatic rings. The van der Waals surface area contributed by atoms with Crippen molar-refractivity contribution in [2.75, 3.05) is 12.3 Å². The van der Waals surface area contributed by atoms with Crippen molar-refractivity contribution in [1.82, 2.24) is 4.90 Å². The normalized spacial score (nSPS) is 20.1. The lowest BCUT2D eigenvalue weighted by atomic mass is 10.1. The van der Waals surface area contributed by atoms with E-state index in [9.17, 15) is 9.18 Å². The quantitative estimate of drug-likeness (QED) is 0.739. The number of nitrogens with two attached hydrogens (primary N) is 1. The number of hydrogen-bond acceptors (Lipinski definition) is 2. The van der Waals surface area contributed by atoms with Crippen molar-refractivity contribution in [2.24, 2.45) is 0 Å². The third kappa shape index (κ3) is 1.87. The molecule has 1 heterocycles. The Labute approximate surface area is 94.0 Å². The number of likely N-dealkylation sites (tertiary alicyclic amines) is 1. The molecule has 0 saturated carbocycles. The third-order valence-electron chi connectivity index (χ3n) is 3.04. The number of carbonyl (C=O) groups is 1. The van der Waals surface area contributed by atoms with Gasteiger partial charge in [-0.1, -0.05) is 0 Å². The number of nitrogen functional groups attached to an aromatic ring is 1. The zero-order chi connectivity index (χ0) is 11.7. The lowest BCUT2D eigenvalue weighted by Crippen LogP contribution is -2.34. The van der Waals surface area contributed by atoms with Gasteiger partial charge in [0.25, 0.3) is 5.91 Å². The van der Waals surface area contributed by atoms with Crippen molar-refractivity contribution in [2.45, 2.75) is 25.8 Å². The van der Waals surface area contributed by atoms with E-state index in [2.05, 4.69) is 0 Å². The number of anilines is 1. The van der Waals surface area contributed by atoms with E-state index in [1.165, 1.54) is 12.1 Å². The van der Waals surface area contributed by atoms with Crippen molar-refractivity contribution >= 4 is 11.6 Å². The molecule has 1 aliphatic heterocycles. The van der Waals surface area contributed by atoms with Crippen LogP contribution in [0.3, 0.4) is 0 Å². The molecule has 0 spiro atoms. The van der Waals surface area contributed by atoms with Crippen LogP contribution in [0.1, 0.15) is 30.1 Å². The maximum absolute atomic E-state index is 13.6. The molecule has 1 aromatic carbocycles. The second-order valence-corrected chi connectivity index (χ2v) is 4.23. The van der Waals surface area contributed by atoms with Crippen molar-refractivity contribution in [1.29, 1.82) is 0 Å². The van der Waals surface area contributed by atoms with E-state index < -0.39 is 5.82 Å². The van der Waals surface area contributed by atoms with Crippen LogP contribution in [-0.4, -0.2) is 23.4 Å². The number of halogens is 1. The molecule has 0 radical (unpaired) electrons. The molecular formula is C12H15FN2O. The zero-order valence-corrected chi connectivity index (χ0v) is 9.24. The monoisotopic (exact) mass is 222 g/mol. The van der Waals surface area contributed by atoms with Gasteiger partial charge in [0.15, 0.2) is 0 Å². The molecule has 86 valence electrons. The first-order valence-corrected chi connectivity index (χ1v) is 5.45. The first-order valence-electron chi connectivity index (χ1n) is 5.45. The lowest BCUT2D eigenvalue weighted by Gasteiger charge is -2.21. The fraction of sp³-hybridized carbons (Fsp3) is 0.417. The Kier molecular flexibility index (Phi) is 2.81. The van der Waals surface area contributed by atoms with Gasteiger partial charge in [-0.15, -0.1) is 0 Å². The van der Waals surface area contributed by atoms with Crippen LogP contribution in [0.4, 0.5) is 10.1 Å². The van der Waals surface area contributed by atoms with E-state index in [0.717, 1.165) is 12.8 Å². The molecule has 1 fully saturated rings. The molecule has 4 heteroatoms. The fourth-order valence-electron chi connectivity index (χ4n) is 2.09. The van der Waals surface area contributed by atoms with Crippen LogP contribution < -0.4 is 5.73 Å². The van der Waals surface area contributed by atoms with Crippen LogP contribution in [0.2, 0.25) is 0 Å². The Hall–Kier alpha value is -1.58. The average Bonchev–Trinajstić information content (AvgIpc) is 2.63. The Morgan fingerprint density at radius 3 is 2.88 bits per heavy atom. The molecule has 1 aromatic rings. The Morgan fingerprint density at radius 1 is 1.56 bits per heavy atom. The first-order chi connectivity index (χ1) is 7.59. The average molecular weight is 222 g/mol. The number of amides is 1. The molecule has 1 atom stereocenters. The van der Waals surface area contributed by atoms with Crippen LogP contribution >= 0.6 is 0 Å². The summed E-state index contributed by atoms with van der Waals surface area (Å²) in [6.45, 7) is 2.70. The van der Waals surface area contributed by atoms with Crippen molar-refractivity contribution < 1.29 is 9.18 Å². The summed E-state index contributed by atoms with van der Waals surface area (Å²) in [4.78, 5) is 13.8. The molecule has 0 aliphatic carbocycles. The number of hydrogen-bond donors (Lipinski definition) is 1. The number of nitrogens with zero attached hydrogens (tertiary/aromatic N) is 1. The van der Waals surface area contributed by atoms with Gasteiger partial charge in [0.2, 0.25) is 0 Å². The predicted molar refractivity (Wildman–Crippen MR) is 60.5 cm³/mol. The first kappa shape index (κ1) is 10.9. The zero-order valence-electron chi connectivity index (χ0n) is 9.24. The third-order valence-corrected chi connectivity index (χ3v) is 3.04. The smallest absolute Gasteiger partial charge is 0.257 e. The van der Waals surface area contributed by atoms with Crippen molar-refractivity contribution in [3.05, 3.63) is 29.6 Å². The highest BCUT2D eigenvalue weighted by molar-refractivity contribution is 5.95. The molecule has 2 N–H and O–H groups in total. The maximum Gasteiger partial charge on any atom is 0.257 e. The summed E-state index contributed by atoms with van der Waals surface area (Å²) in [5, 5.41) is 0. The molecule has 1 amide bonds. The molecule has 16 heavy (non-hydrogen) atoms. The van der Waals surface area contributed by atoms with Gasteiger partial charge in [0.1, 0.15) is 5.82 Å².